The summed E-state index contributed by atoms with van der Waals surface area (Å²) >= 11 is 0. The minimum absolute atomic E-state index is 0.0358. The summed E-state index contributed by atoms with van der Waals surface area (Å²) in [5.74, 6) is 0.583. The Morgan fingerprint density at radius 2 is 2.11 bits per heavy atom. The first-order valence-corrected chi connectivity index (χ1v) is 5.23. The number of para-hydroxylation sites is 2. The van der Waals surface area contributed by atoms with Crippen molar-refractivity contribution in [2.75, 3.05) is 7.11 Å². The molecule has 0 unspecified atom stereocenters. The van der Waals surface area contributed by atoms with Crippen LogP contribution >= 0.6 is 0 Å². The third-order valence-corrected chi connectivity index (χ3v) is 2.29. The lowest BCUT2D eigenvalue weighted by molar-refractivity contribution is 0.0691. The van der Waals surface area contributed by atoms with Crippen LogP contribution in [0.25, 0.3) is 0 Å². The number of nitrogens with zero attached hydrogens (tertiary/aromatic N) is 1. The molecule has 94 valence electrons. The number of hydrogen-bond acceptors (Lipinski definition) is 4. The van der Waals surface area contributed by atoms with Gasteiger partial charge in [0.15, 0.2) is 11.5 Å². The number of H-pyrrole nitrogens is 1. The Balaban J connectivity index is 2.04. The Morgan fingerprint density at radius 1 is 1.39 bits per heavy atom. The highest BCUT2D eigenvalue weighted by molar-refractivity contribution is 5.84. The Bertz CT molecular complexity index is 551. The zero-order chi connectivity index (χ0) is 13.0. The lowest BCUT2D eigenvalue weighted by atomic mass is 10.3. The average Bonchev–Trinajstić information content (AvgIpc) is 2.85. The van der Waals surface area contributed by atoms with Gasteiger partial charge in [0.25, 0.3) is 0 Å². The molecule has 6 nitrogen and oxygen atoms in total. The van der Waals surface area contributed by atoms with E-state index in [1.54, 1.807) is 19.2 Å². The molecule has 0 aliphatic heterocycles. The van der Waals surface area contributed by atoms with Crippen molar-refractivity contribution in [1.82, 2.24) is 9.97 Å². The van der Waals surface area contributed by atoms with E-state index in [1.807, 2.05) is 12.1 Å². The smallest absolute Gasteiger partial charge is 0.353 e. The summed E-state index contributed by atoms with van der Waals surface area (Å²) in [6.45, 7) is 0.146. The Labute approximate surface area is 103 Å². The molecule has 2 rings (SSSR count). The van der Waals surface area contributed by atoms with Crippen LogP contribution in [-0.2, 0) is 6.61 Å². The number of carboxylic acids is 1. The third kappa shape index (κ3) is 2.60. The highest BCUT2D eigenvalue weighted by Crippen LogP contribution is 2.26. The summed E-state index contributed by atoms with van der Waals surface area (Å²) in [4.78, 5) is 17.2. The van der Waals surface area contributed by atoms with Gasteiger partial charge in [0.1, 0.15) is 18.1 Å². The van der Waals surface area contributed by atoms with Crippen molar-refractivity contribution in [2.24, 2.45) is 0 Å². The fourth-order valence-electron chi connectivity index (χ4n) is 1.43. The van der Waals surface area contributed by atoms with Crippen molar-refractivity contribution in [3.05, 3.63) is 42.0 Å². The Hall–Kier alpha value is -2.50. The zero-order valence-electron chi connectivity index (χ0n) is 9.71. The van der Waals surface area contributed by atoms with Gasteiger partial charge in [-0.3, -0.25) is 0 Å². The number of rotatable bonds is 5. The fourth-order valence-corrected chi connectivity index (χ4v) is 1.43. The second-order valence-corrected chi connectivity index (χ2v) is 3.49. The van der Waals surface area contributed by atoms with Crippen LogP contribution in [0.3, 0.4) is 0 Å². The molecule has 0 saturated carbocycles. The molecule has 2 N–H and O–H groups in total. The first-order valence-electron chi connectivity index (χ1n) is 5.23. The summed E-state index contributed by atoms with van der Waals surface area (Å²) < 4.78 is 10.6. The van der Waals surface area contributed by atoms with E-state index in [2.05, 4.69) is 9.97 Å². The highest BCUT2D eigenvalue weighted by Gasteiger charge is 2.08. The van der Waals surface area contributed by atoms with Crippen molar-refractivity contribution in [3.8, 4) is 11.5 Å². The van der Waals surface area contributed by atoms with Crippen LogP contribution in [0, 0.1) is 0 Å². The molecule has 1 aromatic heterocycles. The molecule has 2 aromatic rings. The number of nitrogens with one attached hydrogen (secondary N) is 1. The topological polar surface area (TPSA) is 84.4 Å². The maximum Gasteiger partial charge on any atom is 0.353 e. The molecule has 0 fully saturated rings. The van der Waals surface area contributed by atoms with Crippen LogP contribution in [0.2, 0.25) is 0 Å². The van der Waals surface area contributed by atoms with E-state index < -0.39 is 5.97 Å². The molecule has 18 heavy (non-hydrogen) atoms. The second kappa shape index (κ2) is 5.22. The van der Waals surface area contributed by atoms with Gasteiger partial charge in [-0.2, -0.15) is 0 Å². The number of carboxylic acid groups (broad SMARTS) is 1. The van der Waals surface area contributed by atoms with E-state index in [1.165, 1.54) is 6.20 Å². The summed E-state index contributed by atoms with van der Waals surface area (Å²) in [6, 6.07) is 7.20. The van der Waals surface area contributed by atoms with E-state index in [0.717, 1.165) is 0 Å². The van der Waals surface area contributed by atoms with Crippen LogP contribution in [0.5, 0.6) is 11.5 Å². The predicted molar refractivity (Wildman–Crippen MR) is 62.9 cm³/mol. The van der Waals surface area contributed by atoms with Gasteiger partial charge < -0.3 is 19.6 Å². The van der Waals surface area contributed by atoms with E-state index in [0.29, 0.717) is 17.3 Å². The summed E-state index contributed by atoms with van der Waals surface area (Å²) in [5.41, 5.74) is 0.0358. The molecule has 1 aromatic carbocycles. The summed E-state index contributed by atoms with van der Waals surface area (Å²) in [6.07, 6.45) is 1.25. The molecule has 0 atom stereocenters. The molecule has 6 heteroatoms. The summed E-state index contributed by atoms with van der Waals surface area (Å²) in [7, 11) is 1.55. The number of aromatic nitrogens is 2. The van der Waals surface area contributed by atoms with Gasteiger partial charge in [-0.05, 0) is 12.1 Å². The van der Waals surface area contributed by atoms with Crippen LogP contribution < -0.4 is 9.47 Å². The SMILES string of the molecule is COc1ccccc1OCc1ncc(C(=O)O)[nH]1. The quantitative estimate of drug-likeness (QED) is 0.841. The number of benzene rings is 1. The molecule has 0 amide bonds. The van der Waals surface area contributed by atoms with E-state index >= 15 is 0 Å². The third-order valence-electron chi connectivity index (χ3n) is 2.29. The second-order valence-electron chi connectivity index (χ2n) is 3.49. The van der Waals surface area contributed by atoms with Gasteiger partial charge in [0, 0.05) is 0 Å². The molecular formula is C12H12N2O4. The van der Waals surface area contributed by atoms with Gasteiger partial charge in [0.05, 0.1) is 13.3 Å². The number of methoxy groups -OCH3 is 1. The van der Waals surface area contributed by atoms with Crippen molar-refractivity contribution in [2.45, 2.75) is 6.61 Å². The molecule has 0 radical (unpaired) electrons. The van der Waals surface area contributed by atoms with Gasteiger partial charge in [-0.15, -0.1) is 0 Å². The van der Waals surface area contributed by atoms with Crippen LogP contribution in [0.1, 0.15) is 16.3 Å². The largest absolute Gasteiger partial charge is 0.493 e. The minimum atomic E-state index is -1.05. The number of imidazole rings is 1. The minimum Gasteiger partial charge on any atom is -0.493 e. The maximum absolute atomic E-state index is 10.7. The average molecular weight is 248 g/mol. The van der Waals surface area contributed by atoms with E-state index in [9.17, 15) is 4.79 Å². The molecule has 0 saturated heterocycles. The van der Waals surface area contributed by atoms with Crippen molar-refractivity contribution >= 4 is 5.97 Å². The molecule has 0 spiro atoms. The van der Waals surface area contributed by atoms with Gasteiger partial charge >= 0.3 is 5.97 Å². The van der Waals surface area contributed by atoms with E-state index in [-0.39, 0.29) is 12.3 Å². The first-order chi connectivity index (χ1) is 8.70. The van der Waals surface area contributed by atoms with Crippen molar-refractivity contribution < 1.29 is 19.4 Å². The van der Waals surface area contributed by atoms with Gasteiger partial charge in [-0.25, -0.2) is 9.78 Å². The van der Waals surface area contributed by atoms with Crippen LogP contribution in [-0.4, -0.2) is 28.2 Å². The Kier molecular flexibility index (Phi) is 3.47. The molecule has 0 aliphatic carbocycles. The first kappa shape index (κ1) is 12.0. The number of ether oxygens (including phenoxy) is 2. The Morgan fingerprint density at radius 3 is 2.72 bits per heavy atom. The maximum atomic E-state index is 10.7. The zero-order valence-corrected chi connectivity index (χ0v) is 9.71. The molecule has 0 aliphatic rings. The standard InChI is InChI=1S/C12H12N2O4/c1-17-9-4-2-3-5-10(9)18-7-11-13-6-8(14-11)12(15)16/h2-6H,7H2,1H3,(H,13,14)(H,15,16). The van der Waals surface area contributed by atoms with E-state index in [4.69, 9.17) is 14.6 Å². The monoisotopic (exact) mass is 248 g/mol. The van der Waals surface area contributed by atoms with Gasteiger partial charge in [-0.1, -0.05) is 12.1 Å². The normalized spacial score (nSPS) is 10.1. The number of carbonyl (C=O) groups is 1. The summed E-state index contributed by atoms with van der Waals surface area (Å²) in [5, 5.41) is 8.73. The van der Waals surface area contributed by atoms with Crippen molar-refractivity contribution in [3.63, 3.8) is 0 Å². The molecule has 0 bridgehead atoms. The van der Waals surface area contributed by atoms with Crippen LogP contribution in [0.15, 0.2) is 30.5 Å². The number of aromatic amines is 1. The van der Waals surface area contributed by atoms with Gasteiger partial charge in [0.2, 0.25) is 0 Å². The fraction of sp³-hybridized carbons (Fsp3) is 0.167. The van der Waals surface area contributed by atoms with Crippen molar-refractivity contribution in [1.29, 1.82) is 0 Å². The van der Waals surface area contributed by atoms with Crippen LogP contribution in [0.4, 0.5) is 0 Å². The molecule has 1 heterocycles. The lowest BCUT2D eigenvalue weighted by Crippen LogP contribution is -2.01. The number of hydrogen-bond donors (Lipinski definition) is 2. The predicted octanol–water partition coefficient (Wildman–Crippen LogP) is 1.70. The highest BCUT2D eigenvalue weighted by atomic mass is 16.5. The molecular weight excluding hydrogens is 236 g/mol. The lowest BCUT2D eigenvalue weighted by Gasteiger charge is -2.08. The number of aromatic carboxylic acids is 1.